The van der Waals surface area contributed by atoms with Gasteiger partial charge in [-0.25, -0.2) is 4.68 Å². The number of aromatic amines is 1. The highest BCUT2D eigenvalue weighted by molar-refractivity contribution is 5.82. The maximum Gasteiger partial charge on any atom is 0.416 e. The molecule has 0 radical (unpaired) electrons. The minimum atomic E-state index is -4.39. The van der Waals surface area contributed by atoms with Gasteiger partial charge in [0.25, 0.3) is 5.56 Å². The van der Waals surface area contributed by atoms with Gasteiger partial charge in [-0.15, -0.1) is 5.10 Å². The van der Waals surface area contributed by atoms with Gasteiger partial charge in [0.1, 0.15) is 6.04 Å². The molecule has 1 saturated carbocycles. The first-order valence-electron chi connectivity index (χ1n) is 13.9. The Kier molecular flexibility index (Phi) is 7.07. The number of aryl methyl sites for hydroxylation is 1. The molecule has 2 aliphatic rings. The Morgan fingerprint density at radius 3 is 2.48 bits per heavy atom. The third-order valence-corrected chi connectivity index (χ3v) is 8.31. The van der Waals surface area contributed by atoms with E-state index in [1.807, 2.05) is 40.8 Å². The van der Waals surface area contributed by atoms with Crippen LogP contribution in [0.5, 0.6) is 0 Å². The summed E-state index contributed by atoms with van der Waals surface area (Å²) in [5.41, 5.74) is 2.05. The predicted octanol–water partition coefficient (Wildman–Crippen LogP) is 5.26. The molecule has 210 valence electrons. The summed E-state index contributed by atoms with van der Waals surface area (Å²) < 4.78 is 41.9. The Balaban J connectivity index is 1.36. The zero-order valence-corrected chi connectivity index (χ0v) is 22.4. The van der Waals surface area contributed by atoms with E-state index in [9.17, 15) is 18.0 Å². The lowest BCUT2D eigenvalue weighted by atomic mass is 9.95. The van der Waals surface area contributed by atoms with E-state index in [0.29, 0.717) is 43.3 Å². The molecule has 1 atom stereocenters. The van der Waals surface area contributed by atoms with Crippen LogP contribution in [-0.4, -0.2) is 56.3 Å². The number of tetrazole rings is 1. The second kappa shape index (κ2) is 10.7. The van der Waals surface area contributed by atoms with Crippen molar-refractivity contribution in [2.75, 3.05) is 31.1 Å². The first-order chi connectivity index (χ1) is 19.3. The van der Waals surface area contributed by atoms with E-state index in [0.717, 1.165) is 48.2 Å². The van der Waals surface area contributed by atoms with Crippen LogP contribution in [0.1, 0.15) is 66.7 Å². The fourth-order valence-corrected chi connectivity index (χ4v) is 6.19. The van der Waals surface area contributed by atoms with Crippen LogP contribution in [0.2, 0.25) is 0 Å². The molecule has 1 aliphatic carbocycles. The maximum atomic E-state index is 13.6. The molecule has 40 heavy (non-hydrogen) atoms. The van der Waals surface area contributed by atoms with Crippen LogP contribution in [0.4, 0.5) is 18.9 Å². The molecule has 1 N–H and O–H groups in total. The van der Waals surface area contributed by atoms with Crippen molar-refractivity contribution in [3.05, 3.63) is 81.4 Å². The number of H-pyrrole nitrogens is 1. The van der Waals surface area contributed by atoms with Crippen molar-refractivity contribution in [2.45, 2.75) is 57.3 Å². The number of halogens is 3. The summed E-state index contributed by atoms with van der Waals surface area (Å²) in [7, 11) is 0. The predicted molar refractivity (Wildman–Crippen MR) is 146 cm³/mol. The Labute approximate surface area is 229 Å². The van der Waals surface area contributed by atoms with Crippen LogP contribution in [0.25, 0.3) is 10.9 Å². The normalized spacial score (nSPS) is 18.4. The van der Waals surface area contributed by atoms with Crippen LogP contribution >= 0.6 is 0 Å². The summed E-state index contributed by atoms with van der Waals surface area (Å²) in [6, 6.07) is 13.0. The summed E-state index contributed by atoms with van der Waals surface area (Å²) in [4.78, 5) is 20.8. The summed E-state index contributed by atoms with van der Waals surface area (Å²) >= 11 is 0. The number of nitrogens with zero attached hydrogens (tertiary/aromatic N) is 6. The molecule has 3 heterocycles. The molecule has 1 unspecified atom stereocenters. The van der Waals surface area contributed by atoms with Crippen molar-refractivity contribution in [1.82, 2.24) is 30.1 Å². The van der Waals surface area contributed by atoms with Crippen molar-refractivity contribution < 1.29 is 13.2 Å². The average Bonchev–Trinajstić information content (AvgIpc) is 3.44. The average molecular weight is 552 g/mol. The van der Waals surface area contributed by atoms with Crippen LogP contribution in [-0.2, 0) is 6.18 Å². The number of hydrogen-bond acceptors (Lipinski definition) is 6. The molecule has 2 aromatic heterocycles. The van der Waals surface area contributed by atoms with Gasteiger partial charge in [-0.05, 0) is 65.4 Å². The minimum Gasteiger partial charge on any atom is -0.369 e. The molecule has 8 nitrogen and oxygen atoms in total. The highest BCUT2D eigenvalue weighted by atomic mass is 19.4. The highest BCUT2D eigenvalue weighted by Gasteiger charge is 2.35. The first-order valence-corrected chi connectivity index (χ1v) is 13.9. The molecular formula is C29H32F3N7O. The number of anilines is 1. The van der Waals surface area contributed by atoms with E-state index < -0.39 is 17.8 Å². The van der Waals surface area contributed by atoms with E-state index in [1.165, 1.54) is 18.6 Å². The van der Waals surface area contributed by atoms with Crippen molar-refractivity contribution in [2.24, 2.45) is 0 Å². The monoisotopic (exact) mass is 551 g/mol. The molecule has 0 bridgehead atoms. The number of rotatable bonds is 5. The topological polar surface area (TPSA) is 82.9 Å². The number of para-hydroxylation sites is 1. The number of nitrogens with one attached hydrogen (secondary N) is 1. The van der Waals surface area contributed by atoms with Gasteiger partial charge in [-0.3, -0.25) is 9.69 Å². The van der Waals surface area contributed by atoms with Gasteiger partial charge in [0.2, 0.25) is 0 Å². The zero-order chi connectivity index (χ0) is 27.9. The van der Waals surface area contributed by atoms with Gasteiger partial charge in [-0.1, -0.05) is 43.5 Å². The van der Waals surface area contributed by atoms with Gasteiger partial charge >= 0.3 is 6.18 Å². The molecule has 1 aliphatic heterocycles. The Morgan fingerprint density at radius 1 is 0.975 bits per heavy atom. The second-order valence-electron chi connectivity index (χ2n) is 10.8. The fraction of sp³-hybridized carbons (Fsp3) is 0.448. The van der Waals surface area contributed by atoms with Crippen molar-refractivity contribution in [3.63, 3.8) is 0 Å². The van der Waals surface area contributed by atoms with Gasteiger partial charge in [0.15, 0.2) is 5.82 Å². The van der Waals surface area contributed by atoms with Crippen molar-refractivity contribution in [3.8, 4) is 0 Å². The molecule has 0 spiro atoms. The number of alkyl halides is 3. The van der Waals surface area contributed by atoms with Crippen molar-refractivity contribution in [1.29, 1.82) is 0 Å². The van der Waals surface area contributed by atoms with E-state index in [4.69, 9.17) is 0 Å². The smallest absolute Gasteiger partial charge is 0.369 e. The standard InChI is InChI=1S/C29H32F3N7O/c1-19-7-5-8-20-17-24(28(40)33-25(19)20)26(27-34-35-36-39(27)22-10-3-2-4-11-22)38-15-13-37(14-16-38)23-12-6-9-21(18-23)29(30,31)32/h5-9,12,17-18,22,26H,2-4,10-11,13-16H2,1H3,(H,33,40). The number of fused-ring (bicyclic) bond motifs is 1. The van der Waals surface area contributed by atoms with Crippen LogP contribution in [0, 0.1) is 6.92 Å². The number of piperazine rings is 1. The van der Waals surface area contributed by atoms with Gasteiger partial charge in [0, 0.05) is 37.4 Å². The minimum absolute atomic E-state index is 0.175. The maximum absolute atomic E-state index is 13.6. The lowest BCUT2D eigenvalue weighted by Crippen LogP contribution is -2.49. The first kappa shape index (κ1) is 26.5. The van der Waals surface area contributed by atoms with Crippen molar-refractivity contribution >= 4 is 16.6 Å². The number of pyridine rings is 1. The molecule has 4 aromatic rings. The molecule has 1 saturated heterocycles. The third kappa shape index (κ3) is 5.10. The van der Waals surface area contributed by atoms with Gasteiger partial charge < -0.3 is 9.88 Å². The highest BCUT2D eigenvalue weighted by Crippen LogP contribution is 2.35. The fourth-order valence-electron chi connectivity index (χ4n) is 6.19. The Hall–Kier alpha value is -3.73. The number of benzene rings is 2. The molecule has 2 aromatic carbocycles. The van der Waals surface area contributed by atoms with E-state index in [2.05, 4.69) is 25.4 Å². The summed E-state index contributed by atoms with van der Waals surface area (Å²) in [5.74, 6) is 0.636. The molecule has 11 heteroatoms. The molecular weight excluding hydrogens is 519 g/mol. The number of hydrogen-bond donors (Lipinski definition) is 1. The third-order valence-electron chi connectivity index (χ3n) is 8.31. The zero-order valence-electron chi connectivity index (χ0n) is 22.4. The second-order valence-corrected chi connectivity index (χ2v) is 10.8. The summed E-state index contributed by atoms with van der Waals surface area (Å²) in [6.45, 7) is 4.04. The summed E-state index contributed by atoms with van der Waals surface area (Å²) in [5, 5.41) is 13.8. The lowest BCUT2D eigenvalue weighted by molar-refractivity contribution is -0.137. The number of aromatic nitrogens is 5. The largest absolute Gasteiger partial charge is 0.416 e. The molecule has 2 fully saturated rings. The van der Waals surface area contributed by atoms with E-state index in [1.54, 1.807) is 6.07 Å². The Bertz CT molecular complexity index is 1550. The van der Waals surface area contributed by atoms with Gasteiger partial charge in [-0.2, -0.15) is 13.2 Å². The van der Waals surface area contributed by atoms with Crippen LogP contribution in [0.3, 0.4) is 0 Å². The molecule has 6 rings (SSSR count). The lowest BCUT2D eigenvalue weighted by Gasteiger charge is -2.40. The van der Waals surface area contributed by atoms with E-state index >= 15 is 0 Å². The summed E-state index contributed by atoms with van der Waals surface area (Å²) in [6.07, 6.45) is 0.996. The van der Waals surface area contributed by atoms with Crippen LogP contribution in [0.15, 0.2) is 53.3 Å². The van der Waals surface area contributed by atoms with Crippen LogP contribution < -0.4 is 10.5 Å². The molecule has 0 amide bonds. The van der Waals surface area contributed by atoms with Gasteiger partial charge in [0.05, 0.1) is 17.1 Å². The SMILES string of the molecule is Cc1cccc2cc(C(c3nnnn3C3CCCCC3)N3CCN(c4cccc(C(F)(F)F)c4)CC3)c(=O)[nH]c12. The Morgan fingerprint density at radius 2 is 1.73 bits per heavy atom. The van der Waals surface area contributed by atoms with E-state index in [-0.39, 0.29) is 11.6 Å². The quantitative estimate of drug-likeness (QED) is 0.365.